The van der Waals surface area contributed by atoms with Gasteiger partial charge >= 0.3 is 0 Å². The first-order valence-electron chi connectivity index (χ1n) is 10.0. The second-order valence-electron chi connectivity index (χ2n) is 7.42. The number of carbonyl (C=O) groups excluding carboxylic acids is 2. The monoisotopic (exact) mass is 431 g/mol. The molecule has 1 aliphatic rings. The molecule has 4 N–H and O–H groups in total. The van der Waals surface area contributed by atoms with Crippen molar-refractivity contribution in [3.05, 3.63) is 89.0 Å². The average molecular weight is 431 g/mol. The smallest absolute Gasteiger partial charge is 0.296 e. The molecule has 0 unspecified atom stereocenters. The lowest BCUT2D eigenvalue weighted by atomic mass is 10.0. The highest BCUT2D eigenvalue weighted by molar-refractivity contribution is 6.47. The predicted octanol–water partition coefficient (Wildman–Crippen LogP) is 3.75. The molecule has 7 nitrogen and oxygen atoms in total. The van der Waals surface area contributed by atoms with Crippen LogP contribution < -0.4 is 10.1 Å². The molecule has 1 heterocycles. The number of ketones is 1. The molecule has 0 radical (unpaired) electrons. The number of rotatable bonds is 6. The molecule has 0 aromatic heterocycles. The summed E-state index contributed by atoms with van der Waals surface area (Å²) in [4.78, 5) is 25.0. The van der Waals surface area contributed by atoms with Gasteiger partial charge in [0, 0.05) is 5.69 Å². The molecular formula is C25H21NO6. The summed E-state index contributed by atoms with van der Waals surface area (Å²) >= 11 is 0. The van der Waals surface area contributed by atoms with Crippen molar-refractivity contribution in [2.45, 2.75) is 12.8 Å². The minimum Gasteiger partial charge on any atom is -0.507 e. The molecule has 1 aliphatic heterocycles. The SMILES string of the molecule is O=C(Nc1ccc(CCc2ccc(O)c(O)c2)cc1)C(=O)C1=C(O)c2ccccc2OC1. The Hall–Kier alpha value is -4.26. The summed E-state index contributed by atoms with van der Waals surface area (Å²) < 4.78 is 5.47. The Bertz CT molecular complexity index is 1210. The van der Waals surface area contributed by atoms with Crippen LogP contribution in [0, 0.1) is 0 Å². The van der Waals surface area contributed by atoms with Gasteiger partial charge in [-0.05, 0) is 60.4 Å². The normalized spacial score (nSPS) is 12.6. The number of fused-ring (bicyclic) bond motifs is 1. The lowest BCUT2D eigenvalue weighted by Crippen LogP contribution is -2.29. The molecule has 0 saturated heterocycles. The number of para-hydroxylation sites is 1. The van der Waals surface area contributed by atoms with Crippen molar-refractivity contribution in [1.82, 2.24) is 0 Å². The number of aliphatic hydroxyl groups is 1. The van der Waals surface area contributed by atoms with E-state index in [9.17, 15) is 24.9 Å². The molecule has 0 spiro atoms. The number of Topliss-reactive ketones (excluding diaryl/α,β-unsaturated/α-hetero) is 1. The van der Waals surface area contributed by atoms with Crippen molar-refractivity contribution in [3.63, 3.8) is 0 Å². The van der Waals surface area contributed by atoms with Gasteiger partial charge in [0.2, 0.25) is 0 Å². The van der Waals surface area contributed by atoms with Gasteiger partial charge in [0.25, 0.3) is 11.7 Å². The standard InChI is InChI=1S/C25H21NO6/c27-20-12-9-16(13-21(20)28)6-5-15-7-10-17(11-8-15)26-25(31)24(30)19-14-32-22-4-2-1-3-18(22)23(19)29/h1-4,7-13,27-29H,5-6,14H2,(H,26,31). The number of aryl methyl sites for hydroxylation is 2. The fourth-order valence-electron chi connectivity index (χ4n) is 3.43. The van der Waals surface area contributed by atoms with E-state index in [2.05, 4.69) is 5.32 Å². The molecule has 0 saturated carbocycles. The zero-order valence-corrected chi connectivity index (χ0v) is 17.0. The molecule has 1 amide bonds. The molecule has 0 aliphatic carbocycles. The van der Waals surface area contributed by atoms with Gasteiger partial charge < -0.3 is 25.4 Å². The fourth-order valence-corrected chi connectivity index (χ4v) is 3.43. The topological polar surface area (TPSA) is 116 Å². The highest BCUT2D eigenvalue weighted by Crippen LogP contribution is 2.31. The summed E-state index contributed by atoms with van der Waals surface area (Å²) in [6.07, 6.45) is 1.35. The minimum absolute atomic E-state index is 0.0880. The van der Waals surface area contributed by atoms with Crippen molar-refractivity contribution in [2.24, 2.45) is 0 Å². The van der Waals surface area contributed by atoms with Gasteiger partial charge in [-0.1, -0.05) is 30.3 Å². The largest absolute Gasteiger partial charge is 0.507 e. The highest BCUT2D eigenvalue weighted by atomic mass is 16.5. The average Bonchev–Trinajstić information content (AvgIpc) is 2.81. The molecular weight excluding hydrogens is 410 g/mol. The van der Waals surface area contributed by atoms with E-state index in [1.165, 1.54) is 12.1 Å². The van der Waals surface area contributed by atoms with E-state index in [4.69, 9.17) is 4.74 Å². The maximum Gasteiger partial charge on any atom is 0.296 e. The van der Waals surface area contributed by atoms with Crippen molar-refractivity contribution in [3.8, 4) is 17.2 Å². The van der Waals surface area contributed by atoms with Gasteiger partial charge in [-0.15, -0.1) is 0 Å². The Balaban J connectivity index is 1.38. The van der Waals surface area contributed by atoms with Crippen LogP contribution in [0.2, 0.25) is 0 Å². The van der Waals surface area contributed by atoms with Gasteiger partial charge in [0.15, 0.2) is 11.5 Å². The van der Waals surface area contributed by atoms with Gasteiger partial charge in [-0.3, -0.25) is 9.59 Å². The number of carbonyl (C=O) groups is 2. The molecule has 32 heavy (non-hydrogen) atoms. The first kappa shape index (κ1) is 21.0. The van der Waals surface area contributed by atoms with E-state index < -0.39 is 11.7 Å². The number of nitrogens with one attached hydrogen (secondary N) is 1. The summed E-state index contributed by atoms with van der Waals surface area (Å²) in [6.45, 7) is -0.180. The molecule has 3 aromatic rings. The second kappa shape index (κ2) is 8.85. The maximum atomic E-state index is 12.6. The van der Waals surface area contributed by atoms with Crippen LogP contribution >= 0.6 is 0 Å². The van der Waals surface area contributed by atoms with Crippen LogP contribution in [0.5, 0.6) is 17.2 Å². The van der Waals surface area contributed by atoms with E-state index in [0.29, 0.717) is 29.8 Å². The third-order valence-corrected chi connectivity index (χ3v) is 5.23. The zero-order chi connectivity index (χ0) is 22.7. The van der Waals surface area contributed by atoms with Gasteiger partial charge in [-0.25, -0.2) is 0 Å². The Morgan fingerprint density at radius 2 is 1.53 bits per heavy atom. The number of ether oxygens (including phenoxy) is 1. The molecule has 4 rings (SSSR count). The third kappa shape index (κ3) is 4.41. The molecule has 7 heteroatoms. The summed E-state index contributed by atoms with van der Waals surface area (Å²) in [5.74, 6) is -1.81. The minimum atomic E-state index is -0.859. The Morgan fingerprint density at radius 3 is 2.28 bits per heavy atom. The van der Waals surface area contributed by atoms with Crippen molar-refractivity contribution < 1.29 is 29.6 Å². The molecule has 162 valence electrons. The van der Waals surface area contributed by atoms with Crippen LogP contribution in [-0.4, -0.2) is 33.6 Å². The quantitative estimate of drug-likeness (QED) is 0.349. The van der Waals surface area contributed by atoms with Crippen molar-refractivity contribution >= 4 is 23.1 Å². The number of benzene rings is 3. The summed E-state index contributed by atoms with van der Waals surface area (Å²) in [5, 5.41) is 31.9. The van der Waals surface area contributed by atoms with E-state index in [0.717, 1.165) is 11.1 Å². The predicted molar refractivity (Wildman–Crippen MR) is 119 cm³/mol. The number of amides is 1. The van der Waals surface area contributed by atoms with Gasteiger partial charge in [0.1, 0.15) is 18.1 Å². The summed E-state index contributed by atoms with van der Waals surface area (Å²) in [7, 11) is 0. The van der Waals surface area contributed by atoms with Crippen molar-refractivity contribution in [2.75, 3.05) is 11.9 Å². The van der Waals surface area contributed by atoms with Crippen LogP contribution in [-0.2, 0) is 22.4 Å². The van der Waals surface area contributed by atoms with Gasteiger partial charge in [-0.2, -0.15) is 0 Å². The van der Waals surface area contributed by atoms with Crippen LogP contribution in [0.4, 0.5) is 5.69 Å². The van der Waals surface area contributed by atoms with Gasteiger partial charge in [0.05, 0.1) is 11.1 Å². The Morgan fingerprint density at radius 1 is 0.844 bits per heavy atom. The van der Waals surface area contributed by atoms with Crippen LogP contribution in [0.25, 0.3) is 5.76 Å². The number of anilines is 1. The van der Waals surface area contributed by atoms with E-state index in [1.807, 2.05) is 12.1 Å². The maximum absolute atomic E-state index is 12.6. The highest BCUT2D eigenvalue weighted by Gasteiger charge is 2.28. The Kier molecular flexibility index (Phi) is 5.81. The number of phenolic OH excluding ortho intramolecular Hbond substituents is 2. The third-order valence-electron chi connectivity index (χ3n) is 5.23. The second-order valence-corrected chi connectivity index (χ2v) is 7.42. The molecule has 0 fully saturated rings. The number of hydrogen-bond acceptors (Lipinski definition) is 6. The van der Waals surface area contributed by atoms with Crippen LogP contribution in [0.1, 0.15) is 16.7 Å². The Labute approximate surface area is 184 Å². The first-order chi connectivity index (χ1) is 15.4. The van der Waals surface area contributed by atoms with Crippen LogP contribution in [0.3, 0.4) is 0 Å². The lowest BCUT2D eigenvalue weighted by Gasteiger charge is -2.19. The zero-order valence-electron chi connectivity index (χ0n) is 17.0. The molecule has 3 aromatic carbocycles. The van der Waals surface area contributed by atoms with E-state index >= 15 is 0 Å². The number of hydrogen-bond donors (Lipinski definition) is 4. The number of aromatic hydroxyl groups is 2. The van der Waals surface area contributed by atoms with E-state index in [-0.39, 0.29) is 29.4 Å². The lowest BCUT2D eigenvalue weighted by molar-refractivity contribution is -0.132. The van der Waals surface area contributed by atoms with Crippen LogP contribution in [0.15, 0.2) is 72.3 Å². The fraction of sp³-hybridized carbons (Fsp3) is 0.120. The summed E-state index contributed by atoms with van der Waals surface area (Å²) in [6, 6.07) is 18.5. The first-order valence-corrected chi connectivity index (χ1v) is 10.0. The molecule has 0 atom stereocenters. The number of phenols is 2. The molecule has 0 bridgehead atoms. The van der Waals surface area contributed by atoms with E-state index in [1.54, 1.807) is 42.5 Å². The van der Waals surface area contributed by atoms with Crippen molar-refractivity contribution in [1.29, 1.82) is 0 Å². The number of aliphatic hydroxyl groups excluding tert-OH is 1. The summed E-state index contributed by atoms with van der Waals surface area (Å²) in [5.41, 5.74) is 2.62.